The Morgan fingerprint density at radius 3 is 2.70 bits per heavy atom. The summed E-state index contributed by atoms with van der Waals surface area (Å²) in [5.41, 5.74) is 5.49. The summed E-state index contributed by atoms with van der Waals surface area (Å²) in [6, 6.07) is 0. The number of amidine groups is 1. The van der Waals surface area contributed by atoms with E-state index < -0.39 is 0 Å². The van der Waals surface area contributed by atoms with E-state index in [-0.39, 0.29) is 0 Å². The molecule has 0 aromatic heterocycles. The van der Waals surface area contributed by atoms with Crippen LogP contribution in [-0.4, -0.2) is 25.6 Å². The van der Waals surface area contributed by atoms with Gasteiger partial charge in [0.2, 0.25) is 0 Å². The minimum Gasteiger partial charge on any atom is -0.387 e. The Bertz CT molecular complexity index is 102. The molecule has 0 aliphatic rings. The van der Waals surface area contributed by atoms with Gasteiger partial charge in [0.05, 0.1) is 12.4 Å². The first kappa shape index (κ1) is 9.43. The molecule has 0 fully saturated rings. The molecule has 3 heteroatoms. The Hall–Kier alpha value is -0.570. The number of rotatable bonds is 5. The molecule has 0 aliphatic heterocycles. The molecule has 0 bridgehead atoms. The average Bonchev–Trinajstić information content (AvgIpc) is 1.89. The zero-order chi connectivity index (χ0) is 7.82. The largest absolute Gasteiger partial charge is 0.387 e. The van der Waals surface area contributed by atoms with E-state index in [0.717, 1.165) is 19.6 Å². The van der Waals surface area contributed by atoms with Crippen LogP contribution in [0.4, 0.5) is 0 Å². The molecule has 0 aromatic carbocycles. The standard InChI is InChI=1S/C7H16N2O/c1-3-9-7(8)5-6-10-4-2/h3-6H2,1-2H3,(H2,8,9). The van der Waals surface area contributed by atoms with Crippen molar-refractivity contribution in [2.75, 3.05) is 19.8 Å². The molecular weight excluding hydrogens is 128 g/mol. The summed E-state index contributed by atoms with van der Waals surface area (Å²) in [5, 5.41) is 0. The molecule has 0 saturated heterocycles. The first-order valence-electron chi connectivity index (χ1n) is 3.67. The van der Waals surface area contributed by atoms with Crippen LogP contribution in [0.1, 0.15) is 20.3 Å². The van der Waals surface area contributed by atoms with E-state index in [1.165, 1.54) is 0 Å². The Morgan fingerprint density at radius 2 is 2.20 bits per heavy atom. The third-order valence-corrected chi connectivity index (χ3v) is 1.07. The highest BCUT2D eigenvalue weighted by molar-refractivity contribution is 5.80. The van der Waals surface area contributed by atoms with Gasteiger partial charge in [-0.15, -0.1) is 0 Å². The topological polar surface area (TPSA) is 47.6 Å². The van der Waals surface area contributed by atoms with E-state index in [1.807, 2.05) is 13.8 Å². The summed E-state index contributed by atoms with van der Waals surface area (Å²) in [6.07, 6.45) is 0.752. The third kappa shape index (κ3) is 5.56. The molecule has 3 nitrogen and oxygen atoms in total. The van der Waals surface area contributed by atoms with Crippen LogP contribution in [0.3, 0.4) is 0 Å². The molecule has 0 amide bonds. The number of ether oxygens (including phenoxy) is 1. The Balaban J connectivity index is 3.21. The molecular formula is C7H16N2O. The van der Waals surface area contributed by atoms with Crippen LogP contribution < -0.4 is 5.73 Å². The van der Waals surface area contributed by atoms with Crippen LogP contribution in [0.2, 0.25) is 0 Å². The maximum atomic E-state index is 5.49. The van der Waals surface area contributed by atoms with Crippen LogP contribution >= 0.6 is 0 Å². The fraction of sp³-hybridized carbons (Fsp3) is 0.857. The highest BCUT2D eigenvalue weighted by Gasteiger charge is 1.89. The van der Waals surface area contributed by atoms with Crippen molar-refractivity contribution in [1.82, 2.24) is 0 Å². The van der Waals surface area contributed by atoms with Gasteiger partial charge in [0, 0.05) is 19.6 Å². The smallest absolute Gasteiger partial charge is 0.0960 e. The quantitative estimate of drug-likeness (QED) is 0.352. The predicted octanol–water partition coefficient (Wildman–Crippen LogP) is 0.790. The molecule has 0 saturated carbocycles. The molecule has 10 heavy (non-hydrogen) atoms. The second-order valence-electron chi connectivity index (χ2n) is 1.91. The maximum absolute atomic E-state index is 5.49. The molecule has 0 radical (unpaired) electrons. The average molecular weight is 144 g/mol. The highest BCUT2D eigenvalue weighted by atomic mass is 16.5. The van der Waals surface area contributed by atoms with Crippen LogP contribution in [0.5, 0.6) is 0 Å². The van der Waals surface area contributed by atoms with Crippen LogP contribution in [0.15, 0.2) is 4.99 Å². The van der Waals surface area contributed by atoms with Crippen molar-refractivity contribution < 1.29 is 4.74 Å². The van der Waals surface area contributed by atoms with Crippen molar-refractivity contribution in [3.05, 3.63) is 0 Å². The third-order valence-electron chi connectivity index (χ3n) is 1.07. The van der Waals surface area contributed by atoms with Crippen molar-refractivity contribution in [2.45, 2.75) is 20.3 Å². The highest BCUT2D eigenvalue weighted by Crippen LogP contribution is 1.82. The number of hydrogen-bond donors (Lipinski definition) is 1. The molecule has 0 atom stereocenters. The van der Waals surface area contributed by atoms with Gasteiger partial charge in [0.25, 0.3) is 0 Å². The fourth-order valence-electron chi connectivity index (χ4n) is 0.603. The second-order valence-corrected chi connectivity index (χ2v) is 1.91. The summed E-state index contributed by atoms with van der Waals surface area (Å²) in [7, 11) is 0. The van der Waals surface area contributed by atoms with Crippen molar-refractivity contribution in [3.63, 3.8) is 0 Å². The molecule has 0 aromatic rings. The van der Waals surface area contributed by atoms with Gasteiger partial charge in [0.1, 0.15) is 0 Å². The molecule has 0 rings (SSSR count). The zero-order valence-electron chi connectivity index (χ0n) is 6.76. The molecule has 0 spiro atoms. The first-order chi connectivity index (χ1) is 4.81. The van der Waals surface area contributed by atoms with Crippen LogP contribution in [0, 0.1) is 0 Å². The lowest BCUT2D eigenvalue weighted by Gasteiger charge is -1.99. The lowest BCUT2D eigenvalue weighted by atomic mass is 10.4. The summed E-state index contributed by atoms with van der Waals surface area (Å²) in [5.74, 6) is 0.691. The van der Waals surface area contributed by atoms with E-state index >= 15 is 0 Å². The second kappa shape index (κ2) is 6.55. The van der Waals surface area contributed by atoms with Gasteiger partial charge in [-0.2, -0.15) is 0 Å². The summed E-state index contributed by atoms with van der Waals surface area (Å²) >= 11 is 0. The SMILES string of the molecule is CCN=C(N)CCOCC. The maximum Gasteiger partial charge on any atom is 0.0960 e. The van der Waals surface area contributed by atoms with E-state index in [1.54, 1.807) is 0 Å². The van der Waals surface area contributed by atoms with E-state index in [0.29, 0.717) is 12.4 Å². The van der Waals surface area contributed by atoms with Crippen LogP contribution in [-0.2, 0) is 4.74 Å². The fourth-order valence-corrected chi connectivity index (χ4v) is 0.603. The van der Waals surface area contributed by atoms with Crippen molar-refractivity contribution in [2.24, 2.45) is 10.7 Å². The van der Waals surface area contributed by atoms with Gasteiger partial charge in [-0.25, -0.2) is 0 Å². The minimum absolute atomic E-state index is 0.686. The first-order valence-corrected chi connectivity index (χ1v) is 3.67. The lowest BCUT2D eigenvalue weighted by molar-refractivity contribution is 0.155. The summed E-state index contributed by atoms with van der Waals surface area (Å²) < 4.78 is 5.09. The molecule has 2 N–H and O–H groups in total. The molecule has 0 unspecified atom stereocenters. The van der Waals surface area contributed by atoms with E-state index in [4.69, 9.17) is 10.5 Å². The zero-order valence-corrected chi connectivity index (χ0v) is 6.76. The van der Waals surface area contributed by atoms with Crippen molar-refractivity contribution in [1.29, 1.82) is 0 Å². The Morgan fingerprint density at radius 1 is 1.50 bits per heavy atom. The summed E-state index contributed by atoms with van der Waals surface area (Å²) in [6.45, 7) is 6.13. The Kier molecular flexibility index (Phi) is 6.18. The van der Waals surface area contributed by atoms with Gasteiger partial charge in [-0.05, 0) is 13.8 Å². The van der Waals surface area contributed by atoms with Gasteiger partial charge >= 0.3 is 0 Å². The van der Waals surface area contributed by atoms with Crippen LogP contribution in [0.25, 0.3) is 0 Å². The van der Waals surface area contributed by atoms with Gasteiger partial charge < -0.3 is 10.5 Å². The van der Waals surface area contributed by atoms with Crippen molar-refractivity contribution in [3.8, 4) is 0 Å². The van der Waals surface area contributed by atoms with Gasteiger partial charge in [0.15, 0.2) is 0 Å². The molecule has 0 heterocycles. The normalized spacial score (nSPS) is 12.0. The number of aliphatic imine (C=N–C) groups is 1. The van der Waals surface area contributed by atoms with Gasteiger partial charge in [-0.3, -0.25) is 4.99 Å². The minimum atomic E-state index is 0.686. The Labute approximate surface area is 62.3 Å². The molecule has 60 valence electrons. The monoisotopic (exact) mass is 144 g/mol. The number of nitrogens with zero attached hydrogens (tertiary/aromatic N) is 1. The van der Waals surface area contributed by atoms with E-state index in [9.17, 15) is 0 Å². The summed E-state index contributed by atoms with van der Waals surface area (Å²) in [4.78, 5) is 4.01. The van der Waals surface area contributed by atoms with E-state index in [2.05, 4.69) is 4.99 Å². The molecule has 0 aliphatic carbocycles. The lowest BCUT2D eigenvalue weighted by Crippen LogP contribution is -2.14. The number of hydrogen-bond acceptors (Lipinski definition) is 2. The van der Waals surface area contributed by atoms with Crippen molar-refractivity contribution >= 4 is 5.84 Å². The number of nitrogens with two attached hydrogens (primary N) is 1. The predicted molar refractivity (Wildman–Crippen MR) is 43.3 cm³/mol. The van der Waals surface area contributed by atoms with Gasteiger partial charge in [-0.1, -0.05) is 0 Å².